The molecule has 0 aromatic rings. The van der Waals surface area contributed by atoms with E-state index in [2.05, 4.69) is 5.32 Å². The third-order valence-electron chi connectivity index (χ3n) is 2.58. The Kier molecular flexibility index (Phi) is 2.32. The first-order valence-corrected chi connectivity index (χ1v) is 4.45. The second-order valence-corrected chi connectivity index (χ2v) is 3.79. The summed E-state index contributed by atoms with van der Waals surface area (Å²) >= 11 is 0. The molecule has 2 saturated heterocycles. The van der Waals surface area contributed by atoms with Gasteiger partial charge in [0, 0.05) is 19.6 Å². The summed E-state index contributed by atoms with van der Waals surface area (Å²) in [4.78, 5) is 0. The predicted octanol–water partition coefficient (Wildman–Crippen LogP) is -1.05. The molecule has 3 N–H and O–H groups in total. The predicted molar refractivity (Wildman–Crippen MR) is 44.9 cm³/mol. The van der Waals surface area contributed by atoms with E-state index in [9.17, 15) is 0 Å². The summed E-state index contributed by atoms with van der Waals surface area (Å²) < 4.78 is 10.8. The van der Waals surface area contributed by atoms with Crippen molar-refractivity contribution in [3.8, 4) is 0 Å². The van der Waals surface area contributed by atoms with Gasteiger partial charge in [-0.05, 0) is 0 Å². The van der Waals surface area contributed by atoms with Gasteiger partial charge in [-0.25, -0.2) is 0 Å². The van der Waals surface area contributed by atoms with Crippen LogP contribution in [0.4, 0.5) is 0 Å². The van der Waals surface area contributed by atoms with E-state index < -0.39 is 0 Å². The van der Waals surface area contributed by atoms with Crippen molar-refractivity contribution in [2.75, 3.05) is 39.5 Å². The standard InChI is InChI=1S/C8H16N2O2/c9-1-7-2-10-3-8(6-12-7)4-11-5-8/h7,10H,1-6,9H2. The lowest BCUT2D eigenvalue weighted by atomic mass is 9.87. The van der Waals surface area contributed by atoms with E-state index in [4.69, 9.17) is 15.2 Å². The summed E-state index contributed by atoms with van der Waals surface area (Å²) in [6.07, 6.45) is 0.185. The van der Waals surface area contributed by atoms with Crippen molar-refractivity contribution >= 4 is 0 Å². The second-order valence-electron chi connectivity index (χ2n) is 3.79. The van der Waals surface area contributed by atoms with E-state index in [1.165, 1.54) is 0 Å². The second kappa shape index (κ2) is 3.30. The third-order valence-corrected chi connectivity index (χ3v) is 2.58. The van der Waals surface area contributed by atoms with E-state index in [-0.39, 0.29) is 11.5 Å². The van der Waals surface area contributed by atoms with Crippen molar-refractivity contribution in [3.05, 3.63) is 0 Å². The Morgan fingerprint density at radius 2 is 2.25 bits per heavy atom. The number of hydrogen-bond acceptors (Lipinski definition) is 4. The Morgan fingerprint density at radius 3 is 2.83 bits per heavy atom. The van der Waals surface area contributed by atoms with Crippen LogP contribution < -0.4 is 11.1 Å². The molecule has 4 heteroatoms. The van der Waals surface area contributed by atoms with Gasteiger partial charge in [-0.1, -0.05) is 0 Å². The number of nitrogens with one attached hydrogen (secondary N) is 1. The normalized spacial score (nSPS) is 34.2. The summed E-state index contributed by atoms with van der Waals surface area (Å²) in [6.45, 7) is 4.93. The first-order valence-electron chi connectivity index (χ1n) is 4.45. The zero-order valence-corrected chi connectivity index (χ0v) is 7.21. The number of ether oxygens (including phenoxy) is 2. The fraction of sp³-hybridized carbons (Fsp3) is 1.00. The highest BCUT2D eigenvalue weighted by atomic mass is 16.5. The van der Waals surface area contributed by atoms with E-state index in [0.29, 0.717) is 6.54 Å². The summed E-state index contributed by atoms with van der Waals surface area (Å²) in [7, 11) is 0. The molecule has 2 rings (SSSR count). The van der Waals surface area contributed by atoms with Crippen molar-refractivity contribution in [2.45, 2.75) is 6.10 Å². The molecule has 2 fully saturated rings. The summed E-state index contributed by atoms with van der Waals surface area (Å²) in [5.41, 5.74) is 5.78. The van der Waals surface area contributed by atoms with Gasteiger partial charge in [0.1, 0.15) is 0 Å². The molecule has 12 heavy (non-hydrogen) atoms. The van der Waals surface area contributed by atoms with E-state index in [1.54, 1.807) is 0 Å². The van der Waals surface area contributed by atoms with Gasteiger partial charge in [-0.3, -0.25) is 0 Å². The molecular formula is C8H16N2O2. The molecule has 4 nitrogen and oxygen atoms in total. The van der Waals surface area contributed by atoms with Crippen molar-refractivity contribution in [1.82, 2.24) is 5.32 Å². The first-order chi connectivity index (χ1) is 5.85. The van der Waals surface area contributed by atoms with Crippen LogP contribution in [0.5, 0.6) is 0 Å². The first kappa shape index (κ1) is 8.44. The van der Waals surface area contributed by atoms with Gasteiger partial charge < -0.3 is 20.5 Å². The summed E-state index contributed by atoms with van der Waals surface area (Å²) in [5.74, 6) is 0. The quantitative estimate of drug-likeness (QED) is 0.530. The van der Waals surface area contributed by atoms with Gasteiger partial charge in [0.15, 0.2) is 0 Å². The molecule has 0 aromatic carbocycles. The number of hydrogen-bond donors (Lipinski definition) is 2. The number of nitrogens with two attached hydrogens (primary N) is 1. The van der Waals surface area contributed by atoms with Crippen LogP contribution in [0.15, 0.2) is 0 Å². The van der Waals surface area contributed by atoms with Crippen molar-refractivity contribution in [3.63, 3.8) is 0 Å². The van der Waals surface area contributed by atoms with Crippen LogP contribution in [0.2, 0.25) is 0 Å². The van der Waals surface area contributed by atoms with Crippen LogP contribution in [0.1, 0.15) is 0 Å². The summed E-state index contributed by atoms with van der Waals surface area (Å²) in [5, 5.41) is 3.36. The maximum atomic E-state index is 5.64. The van der Waals surface area contributed by atoms with Gasteiger partial charge >= 0.3 is 0 Å². The molecular weight excluding hydrogens is 156 g/mol. The average Bonchev–Trinajstić information content (AvgIpc) is 2.24. The smallest absolute Gasteiger partial charge is 0.0821 e. The lowest BCUT2D eigenvalue weighted by Crippen LogP contribution is -2.51. The zero-order chi connectivity index (χ0) is 8.44. The van der Waals surface area contributed by atoms with Gasteiger partial charge in [-0.15, -0.1) is 0 Å². The van der Waals surface area contributed by atoms with Crippen molar-refractivity contribution in [1.29, 1.82) is 0 Å². The maximum Gasteiger partial charge on any atom is 0.0821 e. The highest BCUT2D eigenvalue weighted by molar-refractivity contribution is 4.90. The topological polar surface area (TPSA) is 56.5 Å². The molecule has 1 unspecified atom stereocenters. The Bertz CT molecular complexity index is 159. The minimum Gasteiger partial charge on any atom is -0.380 e. The SMILES string of the molecule is NCC1CNCC2(COC2)CO1. The largest absolute Gasteiger partial charge is 0.380 e. The minimum absolute atomic E-state index is 0.185. The van der Waals surface area contributed by atoms with Gasteiger partial charge in [-0.2, -0.15) is 0 Å². The fourth-order valence-corrected chi connectivity index (χ4v) is 1.63. The number of rotatable bonds is 1. The minimum atomic E-state index is 0.185. The van der Waals surface area contributed by atoms with Gasteiger partial charge in [0.25, 0.3) is 0 Å². The highest BCUT2D eigenvalue weighted by Gasteiger charge is 2.40. The molecule has 0 aromatic heterocycles. The molecule has 0 bridgehead atoms. The van der Waals surface area contributed by atoms with E-state index in [1.807, 2.05) is 0 Å². The molecule has 0 saturated carbocycles. The van der Waals surface area contributed by atoms with E-state index >= 15 is 0 Å². The van der Waals surface area contributed by atoms with Gasteiger partial charge in [0.05, 0.1) is 31.3 Å². The van der Waals surface area contributed by atoms with Crippen LogP contribution in [-0.4, -0.2) is 45.6 Å². The monoisotopic (exact) mass is 172 g/mol. The molecule has 0 aliphatic carbocycles. The van der Waals surface area contributed by atoms with Crippen LogP contribution in [0.3, 0.4) is 0 Å². The molecule has 0 radical (unpaired) electrons. The Balaban J connectivity index is 1.88. The van der Waals surface area contributed by atoms with Crippen LogP contribution >= 0.6 is 0 Å². The summed E-state index contributed by atoms with van der Waals surface area (Å²) in [6, 6.07) is 0. The fourth-order valence-electron chi connectivity index (χ4n) is 1.63. The van der Waals surface area contributed by atoms with Crippen LogP contribution in [0.25, 0.3) is 0 Å². The molecule has 2 heterocycles. The van der Waals surface area contributed by atoms with Gasteiger partial charge in [0.2, 0.25) is 0 Å². The van der Waals surface area contributed by atoms with Crippen LogP contribution in [0, 0.1) is 5.41 Å². The lowest BCUT2D eigenvalue weighted by molar-refractivity contribution is -0.144. The van der Waals surface area contributed by atoms with Crippen molar-refractivity contribution < 1.29 is 9.47 Å². The molecule has 0 amide bonds. The zero-order valence-electron chi connectivity index (χ0n) is 7.21. The Hall–Kier alpha value is -0.160. The molecule has 70 valence electrons. The molecule has 2 aliphatic rings. The van der Waals surface area contributed by atoms with E-state index in [0.717, 1.165) is 32.9 Å². The third kappa shape index (κ3) is 1.47. The molecule has 1 spiro atoms. The lowest BCUT2D eigenvalue weighted by Gasteiger charge is -2.39. The molecule has 1 atom stereocenters. The average molecular weight is 172 g/mol. The van der Waals surface area contributed by atoms with Crippen molar-refractivity contribution in [2.24, 2.45) is 11.1 Å². The maximum absolute atomic E-state index is 5.64. The highest BCUT2D eigenvalue weighted by Crippen LogP contribution is 2.28. The Labute approximate surface area is 72.4 Å². The molecule has 2 aliphatic heterocycles. The van der Waals surface area contributed by atoms with Crippen LogP contribution in [-0.2, 0) is 9.47 Å². The Morgan fingerprint density at radius 1 is 1.42 bits per heavy atom.